The maximum absolute atomic E-state index is 13.9. The Bertz CT molecular complexity index is 1180. The summed E-state index contributed by atoms with van der Waals surface area (Å²) in [4.78, 5) is 2.86. The second-order valence-corrected chi connectivity index (χ2v) is 6.54. The lowest BCUT2D eigenvalue weighted by Gasteiger charge is -2.18. The molecule has 0 aliphatic rings. The standard InChI is InChI=1S/C18H6BF9O3.C4H5N/c20-7-1-4-10(23)16(13(7)26)29-19(30-17-11(24)5-2-8(21)14(17)27)31-18-12(25)6-3-9(22)15(18)28;1-2-4-5-3-1/h1-6H;1-5H. The van der Waals surface area contributed by atoms with Gasteiger partial charge >= 0.3 is 7.32 Å². The van der Waals surface area contributed by atoms with Gasteiger partial charge in [-0.1, -0.05) is 0 Å². The third-order valence-corrected chi connectivity index (χ3v) is 4.14. The summed E-state index contributed by atoms with van der Waals surface area (Å²) in [7, 11) is -2.86. The largest absolute Gasteiger partial charge is 0.864 e. The van der Waals surface area contributed by atoms with Gasteiger partial charge in [0, 0.05) is 12.4 Å². The predicted molar refractivity (Wildman–Crippen MR) is 107 cm³/mol. The third kappa shape index (κ3) is 6.06. The average molecular weight is 519 g/mol. The van der Waals surface area contributed by atoms with Crippen LogP contribution in [0.4, 0.5) is 39.5 Å². The van der Waals surface area contributed by atoms with Crippen molar-refractivity contribution in [2.45, 2.75) is 0 Å². The van der Waals surface area contributed by atoms with Gasteiger partial charge in [-0.05, 0) is 48.5 Å². The summed E-state index contributed by atoms with van der Waals surface area (Å²) < 4.78 is 137. The zero-order chi connectivity index (χ0) is 26.4. The number of nitrogens with one attached hydrogen (secondary N) is 1. The highest BCUT2D eigenvalue weighted by molar-refractivity contribution is 6.39. The van der Waals surface area contributed by atoms with Gasteiger partial charge in [-0.25, -0.2) is 26.3 Å². The van der Waals surface area contributed by atoms with E-state index in [0.29, 0.717) is 36.4 Å². The van der Waals surface area contributed by atoms with Crippen molar-refractivity contribution in [2.75, 3.05) is 0 Å². The Labute approximate surface area is 197 Å². The van der Waals surface area contributed by atoms with Crippen molar-refractivity contribution in [3.05, 3.63) is 113 Å². The Hall–Kier alpha value is -4.23. The maximum Gasteiger partial charge on any atom is 0.864 e. The number of aromatic amines is 1. The first kappa shape index (κ1) is 26.4. The Balaban J connectivity index is 0.000000642. The van der Waals surface area contributed by atoms with Crippen molar-refractivity contribution >= 4 is 7.32 Å². The van der Waals surface area contributed by atoms with Gasteiger partial charge in [0.1, 0.15) is 0 Å². The maximum atomic E-state index is 13.9. The van der Waals surface area contributed by atoms with Crippen LogP contribution in [0, 0.1) is 52.4 Å². The minimum Gasteiger partial charge on any atom is -0.484 e. The highest BCUT2D eigenvalue weighted by atomic mass is 19.2. The van der Waals surface area contributed by atoms with Gasteiger partial charge in [0.2, 0.25) is 17.5 Å². The van der Waals surface area contributed by atoms with Crippen molar-refractivity contribution < 1.29 is 53.5 Å². The van der Waals surface area contributed by atoms with Crippen LogP contribution in [0.3, 0.4) is 0 Å². The van der Waals surface area contributed by atoms with Gasteiger partial charge in [0.25, 0.3) is 0 Å². The first-order valence-corrected chi connectivity index (χ1v) is 9.58. The van der Waals surface area contributed by atoms with E-state index >= 15 is 0 Å². The van der Waals surface area contributed by atoms with Gasteiger partial charge in [-0.3, -0.25) is 0 Å². The normalized spacial score (nSPS) is 10.4. The molecule has 3 aromatic carbocycles. The summed E-state index contributed by atoms with van der Waals surface area (Å²) in [5.74, 6) is -20.4. The number of H-pyrrole nitrogens is 1. The highest BCUT2D eigenvalue weighted by Crippen LogP contribution is 2.30. The fraction of sp³-hybridized carbons (Fsp3) is 0. The van der Waals surface area contributed by atoms with Gasteiger partial charge in [-0.2, -0.15) is 13.2 Å². The van der Waals surface area contributed by atoms with Gasteiger partial charge in [0.05, 0.1) is 0 Å². The van der Waals surface area contributed by atoms with Crippen LogP contribution >= 0.6 is 0 Å². The first-order valence-electron chi connectivity index (χ1n) is 9.58. The quantitative estimate of drug-likeness (QED) is 0.180. The van der Waals surface area contributed by atoms with Gasteiger partial charge < -0.3 is 18.9 Å². The number of hydrogen-bond donors (Lipinski definition) is 1. The molecule has 0 spiro atoms. The lowest BCUT2D eigenvalue weighted by Crippen LogP contribution is -2.39. The molecular weight excluding hydrogens is 508 g/mol. The van der Waals surface area contributed by atoms with Crippen molar-refractivity contribution in [2.24, 2.45) is 0 Å². The molecule has 0 atom stereocenters. The van der Waals surface area contributed by atoms with Crippen molar-refractivity contribution in [1.29, 1.82) is 0 Å². The van der Waals surface area contributed by atoms with Crippen molar-refractivity contribution in [3.63, 3.8) is 0 Å². The summed E-state index contributed by atoms with van der Waals surface area (Å²) in [6, 6.07) is 6.07. The molecule has 0 aliphatic heterocycles. The van der Waals surface area contributed by atoms with Crippen molar-refractivity contribution in [1.82, 2.24) is 4.98 Å². The molecule has 188 valence electrons. The molecule has 1 N–H and O–H groups in total. The highest BCUT2D eigenvalue weighted by Gasteiger charge is 2.38. The predicted octanol–water partition coefficient (Wildman–Crippen LogP) is 6.47. The Kier molecular flexibility index (Phi) is 8.40. The van der Waals surface area contributed by atoms with Crippen LogP contribution in [0.15, 0.2) is 60.9 Å². The van der Waals surface area contributed by atoms with Crippen molar-refractivity contribution in [3.8, 4) is 17.2 Å². The van der Waals surface area contributed by atoms with Crippen LogP contribution in [0.1, 0.15) is 0 Å². The van der Waals surface area contributed by atoms with Crippen LogP contribution in [0.5, 0.6) is 17.2 Å². The molecule has 0 saturated carbocycles. The molecule has 4 rings (SSSR count). The lowest BCUT2D eigenvalue weighted by atomic mass is 10.1. The summed E-state index contributed by atoms with van der Waals surface area (Å²) in [6.07, 6.45) is 3.75. The zero-order valence-electron chi connectivity index (χ0n) is 17.5. The molecule has 0 radical (unpaired) electrons. The topological polar surface area (TPSA) is 43.5 Å². The minimum absolute atomic E-state index is 0.353. The summed E-state index contributed by atoms with van der Waals surface area (Å²) >= 11 is 0. The van der Waals surface area contributed by atoms with E-state index < -0.39 is 76.9 Å². The molecule has 14 heteroatoms. The Morgan fingerprint density at radius 3 is 0.972 bits per heavy atom. The van der Waals surface area contributed by atoms with E-state index in [4.69, 9.17) is 0 Å². The SMILES string of the molecule is Fc1ccc(F)c(OB(Oc2c(F)ccc(F)c2F)Oc2c(F)ccc(F)c2F)c1F.c1cc[nH]c1. The minimum atomic E-state index is -2.86. The van der Waals surface area contributed by atoms with Crippen LogP contribution < -0.4 is 14.0 Å². The Morgan fingerprint density at radius 2 is 0.722 bits per heavy atom. The molecule has 1 heterocycles. The molecule has 0 unspecified atom stereocenters. The van der Waals surface area contributed by atoms with E-state index in [-0.39, 0.29) is 0 Å². The second-order valence-electron chi connectivity index (χ2n) is 6.54. The molecule has 0 aliphatic carbocycles. The van der Waals surface area contributed by atoms with E-state index in [0.717, 1.165) is 0 Å². The molecule has 0 fully saturated rings. The van der Waals surface area contributed by atoms with E-state index in [1.165, 1.54) is 0 Å². The molecule has 0 bridgehead atoms. The molecular formula is C22H11BF9NO3. The number of hydrogen-bond acceptors (Lipinski definition) is 3. The molecule has 1 aromatic heterocycles. The molecule has 4 nitrogen and oxygen atoms in total. The zero-order valence-corrected chi connectivity index (χ0v) is 17.5. The van der Waals surface area contributed by atoms with E-state index in [1.807, 2.05) is 24.5 Å². The first-order chi connectivity index (χ1) is 17.1. The van der Waals surface area contributed by atoms with E-state index in [9.17, 15) is 39.5 Å². The van der Waals surface area contributed by atoms with Crippen LogP contribution in [-0.2, 0) is 0 Å². The van der Waals surface area contributed by atoms with Crippen LogP contribution in [-0.4, -0.2) is 12.3 Å². The number of aromatic nitrogens is 1. The number of halogens is 9. The summed E-state index contributed by atoms with van der Waals surface area (Å²) in [5, 5.41) is 0. The molecule has 4 aromatic rings. The second kappa shape index (κ2) is 11.5. The third-order valence-electron chi connectivity index (χ3n) is 4.14. The smallest absolute Gasteiger partial charge is 0.484 e. The summed E-state index contributed by atoms with van der Waals surface area (Å²) in [5.41, 5.74) is 0. The fourth-order valence-corrected chi connectivity index (χ4v) is 2.49. The molecule has 0 amide bonds. The fourth-order valence-electron chi connectivity index (χ4n) is 2.49. The van der Waals surface area contributed by atoms with Gasteiger partial charge in [0.15, 0.2) is 52.2 Å². The van der Waals surface area contributed by atoms with E-state index in [1.54, 1.807) is 0 Å². The Morgan fingerprint density at radius 1 is 0.444 bits per heavy atom. The lowest BCUT2D eigenvalue weighted by molar-refractivity contribution is 0.262. The van der Waals surface area contributed by atoms with Crippen LogP contribution in [0.25, 0.3) is 0 Å². The number of rotatable bonds is 6. The van der Waals surface area contributed by atoms with Gasteiger partial charge in [-0.15, -0.1) is 0 Å². The molecule has 0 saturated heterocycles. The van der Waals surface area contributed by atoms with Crippen LogP contribution in [0.2, 0.25) is 0 Å². The molecule has 36 heavy (non-hydrogen) atoms. The average Bonchev–Trinajstić information content (AvgIpc) is 3.44. The summed E-state index contributed by atoms with van der Waals surface area (Å²) in [6.45, 7) is 0. The van der Waals surface area contributed by atoms with E-state index in [2.05, 4.69) is 18.9 Å². The number of benzene rings is 3. The monoisotopic (exact) mass is 519 g/mol.